The molecule has 1 aliphatic heterocycles. The van der Waals surface area contributed by atoms with Crippen LogP contribution in [0.1, 0.15) is 56.6 Å². The number of fused-ring (bicyclic) bond motifs is 1. The van der Waals surface area contributed by atoms with Crippen molar-refractivity contribution in [3.05, 3.63) is 53.6 Å². The number of carbonyl (C=O) groups excluding carboxylic acids is 1. The molecule has 4 heteroatoms. The smallest absolute Gasteiger partial charge is 0.223 e. The van der Waals surface area contributed by atoms with Crippen LogP contribution in [0, 0.1) is 0 Å². The second-order valence-electron chi connectivity index (χ2n) is 7.61. The lowest BCUT2D eigenvalue weighted by atomic mass is 9.95. The maximum absolute atomic E-state index is 11.7. The first-order valence-corrected chi connectivity index (χ1v) is 10.9. The van der Waals surface area contributed by atoms with Crippen molar-refractivity contribution in [3.8, 4) is 11.1 Å². The number of rotatable bonds is 3. The maximum atomic E-state index is 11.7. The fourth-order valence-electron chi connectivity index (χ4n) is 4.01. The molecule has 2 aromatic rings. The number of nitrogens with two attached hydrogens (primary N) is 1. The molecule has 2 aliphatic rings. The standard InChI is InChI=1S/C19H22N2O.C5H10.CH5N/c1-14(22)21-11-3-4-18-12-17(9-10-19(18)21)16-7-5-15(6-8-16)13-20-2;1-2-4-5-3-1;1-2/h5-10,12,20H,3-4,11,13H2,1-2H3;1-5H2;2H2,1H3. The summed E-state index contributed by atoms with van der Waals surface area (Å²) in [5, 5.41) is 3.16. The third-order valence-electron chi connectivity index (χ3n) is 5.50. The number of carbonyl (C=O) groups is 1. The Kier molecular flexibility index (Phi) is 9.89. The molecule has 0 bridgehead atoms. The van der Waals surface area contributed by atoms with Crippen LogP contribution in [0.4, 0.5) is 5.69 Å². The fourth-order valence-corrected chi connectivity index (χ4v) is 4.01. The Balaban J connectivity index is 0.000000367. The molecular weight excluding hydrogens is 358 g/mol. The number of nitrogens with zero attached hydrogens (tertiary/aromatic N) is 1. The average Bonchev–Trinajstić information content (AvgIpc) is 3.35. The van der Waals surface area contributed by atoms with Crippen LogP contribution in [0.3, 0.4) is 0 Å². The van der Waals surface area contributed by atoms with Crippen molar-refractivity contribution in [3.63, 3.8) is 0 Å². The van der Waals surface area contributed by atoms with E-state index in [1.165, 1.54) is 61.4 Å². The summed E-state index contributed by atoms with van der Waals surface area (Å²) in [5.74, 6) is 0.130. The lowest BCUT2D eigenvalue weighted by Gasteiger charge is -2.29. The van der Waals surface area contributed by atoms with E-state index in [9.17, 15) is 4.79 Å². The van der Waals surface area contributed by atoms with E-state index in [-0.39, 0.29) is 5.91 Å². The Morgan fingerprint density at radius 2 is 1.52 bits per heavy atom. The number of hydrogen-bond donors (Lipinski definition) is 2. The molecular formula is C25H37N3O. The molecule has 1 heterocycles. The monoisotopic (exact) mass is 395 g/mol. The van der Waals surface area contributed by atoms with Gasteiger partial charge in [-0.1, -0.05) is 62.4 Å². The van der Waals surface area contributed by atoms with E-state index in [1.54, 1.807) is 6.92 Å². The van der Waals surface area contributed by atoms with Gasteiger partial charge in [0.1, 0.15) is 0 Å². The van der Waals surface area contributed by atoms with Gasteiger partial charge in [0.2, 0.25) is 5.91 Å². The Labute approximate surface area is 176 Å². The van der Waals surface area contributed by atoms with Gasteiger partial charge < -0.3 is 16.0 Å². The predicted molar refractivity (Wildman–Crippen MR) is 124 cm³/mol. The largest absolute Gasteiger partial charge is 0.333 e. The van der Waals surface area contributed by atoms with Gasteiger partial charge in [0.05, 0.1) is 0 Å². The molecule has 2 aromatic carbocycles. The zero-order chi connectivity index (χ0) is 21.1. The summed E-state index contributed by atoms with van der Waals surface area (Å²) >= 11 is 0. The van der Waals surface area contributed by atoms with Crippen molar-refractivity contribution < 1.29 is 4.79 Å². The first-order valence-electron chi connectivity index (χ1n) is 10.9. The molecule has 4 rings (SSSR count). The Hall–Kier alpha value is -2.17. The highest BCUT2D eigenvalue weighted by atomic mass is 16.2. The highest BCUT2D eigenvalue weighted by Gasteiger charge is 2.20. The van der Waals surface area contributed by atoms with Gasteiger partial charge in [-0.15, -0.1) is 0 Å². The predicted octanol–water partition coefficient (Wildman–Crippen LogP) is 4.90. The molecule has 0 radical (unpaired) electrons. The number of amides is 1. The van der Waals surface area contributed by atoms with E-state index < -0.39 is 0 Å². The van der Waals surface area contributed by atoms with Gasteiger partial charge in [0, 0.05) is 25.7 Å². The van der Waals surface area contributed by atoms with E-state index in [0.29, 0.717) is 0 Å². The molecule has 1 amide bonds. The lowest BCUT2D eigenvalue weighted by molar-refractivity contribution is -0.116. The molecule has 0 saturated heterocycles. The van der Waals surface area contributed by atoms with Crippen LogP contribution < -0.4 is 16.0 Å². The van der Waals surface area contributed by atoms with Crippen LogP contribution in [0.5, 0.6) is 0 Å². The van der Waals surface area contributed by atoms with Gasteiger partial charge in [-0.25, -0.2) is 0 Å². The van der Waals surface area contributed by atoms with Gasteiger partial charge in [0.25, 0.3) is 0 Å². The molecule has 29 heavy (non-hydrogen) atoms. The first kappa shape index (κ1) is 23.1. The van der Waals surface area contributed by atoms with Crippen LogP contribution in [0.25, 0.3) is 11.1 Å². The third kappa shape index (κ3) is 6.69. The first-order chi connectivity index (χ1) is 14.2. The van der Waals surface area contributed by atoms with Crippen LogP contribution in [-0.2, 0) is 17.8 Å². The van der Waals surface area contributed by atoms with Crippen LogP contribution in [0.2, 0.25) is 0 Å². The van der Waals surface area contributed by atoms with Crippen molar-refractivity contribution in [2.75, 3.05) is 25.5 Å². The second-order valence-corrected chi connectivity index (χ2v) is 7.61. The Morgan fingerprint density at radius 1 is 0.931 bits per heavy atom. The lowest BCUT2D eigenvalue weighted by Crippen LogP contribution is -2.33. The number of benzene rings is 2. The van der Waals surface area contributed by atoms with E-state index >= 15 is 0 Å². The summed E-state index contributed by atoms with van der Waals surface area (Å²) in [6.07, 6.45) is 9.59. The summed E-state index contributed by atoms with van der Waals surface area (Å²) in [4.78, 5) is 13.6. The van der Waals surface area contributed by atoms with Crippen LogP contribution in [-0.4, -0.2) is 26.5 Å². The van der Waals surface area contributed by atoms with E-state index in [1.807, 2.05) is 11.9 Å². The summed E-state index contributed by atoms with van der Waals surface area (Å²) in [6, 6.07) is 15.1. The Morgan fingerprint density at radius 3 is 2.07 bits per heavy atom. The topological polar surface area (TPSA) is 58.4 Å². The molecule has 0 atom stereocenters. The highest BCUT2D eigenvalue weighted by molar-refractivity contribution is 5.93. The van der Waals surface area contributed by atoms with Crippen molar-refractivity contribution >= 4 is 11.6 Å². The van der Waals surface area contributed by atoms with Gasteiger partial charge in [-0.3, -0.25) is 4.79 Å². The van der Waals surface area contributed by atoms with Crippen molar-refractivity contribution in [2.24, 2.45) is 5.73 Å². The van der Waals surface area contributed by atoms with Gasteiger partial charge in [-0.05, 0) is 61.3 Å². The third-order valence-corrected chi connectivity index (χ3v) is 5.50. The molecule has 4 nitrogen and oxygen atoms in total. The van der Waals surface area contributed by atoms with Gasteiger partial charge in [-0.2, -0.15) is 0 Å². The summed E-state index contributed by atoms with van der Waals surface area (Å²) in [7, 11) is 3.46. The van der Waals surface area contributed by atoms with Crippen molar-refractivity contribution in [1.82, 2.24) is 5.32 Å². The molecule has 1 aliphatic carbocycles. The normalized spacial score (nSPS) is 14.8. The zero-order valence-corrected chi connectivity index (χ0v) is 18.3. The van der Waals surface area contributed by atoms with Gasteiger partial charge >= 0.3 is 0 Å². The van der Waals surface area contributed by atoms with Gasteiger partial charge in [0.15, 0.2) is 0 Å². The molecule has 0 unspecified atom stereocenters. The molecule has 3 N–H and O–H groups in total. The quantitative estimate of drug-likeness (QED) is 0.777. The van der Waals surface area contributed by atoms with Crippen LogP contribution in [0.15, 0.2) is 42.5 Å². The minimum absolute atomic E-state index is 0.130. The number of anilines is 1. The summed E-state index contributed by atoms with van der Waals surface area (Å²) in [6.45, 7) is 3.36. The fraction of sp³-hybridized carbons (Fsp3) is 0.480. The molecule has 1 fully saturated rings. The number of hydrogen-bond acceptors (Lipinski definition) is 3. The molecule has 0 spiro atoms. The summed E-state index contributed by atoms with van der Waals surface area (Å²) in [5.41, 5.74) is 10.6. The minimum Gasteiger partial charge on any atom is -0.333 e. The molecule has 0 aromatic heterocycles. The van der Waals surface area contributed by atoms with E-state index in [0.717, 1.165) is 31.6 Å². The average molecular weight is 396 g/mol. The van der Waals surface area contributed by atoms with E-state index in [2.05, 4.69) is 53.5 Å². The highest BCUT2D eigenvalue weighted by Crippen LogP contribution is 2.31. The SMILES string of the molecule is C1CCCC1.CN.CNCc1ccc(-c2ccc3c(c2)CCCN3C(C)=O)cc1. The molecule has 158 valence electrons. The number of nitrogens with one attached hydrogen (secondary N) is 1. The van der Waals surface area contributed by atoms with Crippen molar-refractivity contribution in [2.45, 2.75) is 58.4 Å². The van der Waals surface area contributed by atoms with Crippen molar-refractivity contribution in [1.29, 1.82) is 0 Å². The van der Waals surface area contributed by atoms with Crippen LogP contribution >= 0.6 is 0 Å². The zero-order valence-electron chi connectivity index (χ0n) is 18.3. The maximum Gasteiger partial charge on any atom is 0.223 e. The molecule has 1 saturated carbocycles. The number of aryl methyl sites for hydroxylation is 1. The second kappa shape index (κ2) is 12.4. The minimum atomic E-state index is 0.130. The van der Waals surface area contributed by atoms with E-state index in [4.69, 9.17) is 0 Å². The Bertz CT molecular complexity index is 744. The summed E-state index contributed by atoms with van der Waals surface area (Å²) < 4.78 is 0.